The Labute approximate surface area is 110 Å². The lowest BCUT2D eigenvalue weighted by molar-refractivity contribution is 0.101. The van der Waals surface area contributed by atoms with E-state index in [4.69, 9.17) is 0 Å². The van der Waals surface area contributed by atoms with Crippen molar-refractivity contribution in [3.8, 4) is 5.69 Å². The molecule has 19 heavy (non-hydrogen) atoms. The largest absolute Gasteiger partial charge is 0.295 e. The highest BCUT2D eigenvalue weighted by Crippen LogP contribution is 2.19. The van der Waals surface area contributed by atoms with E-state index < -0.39 is 0 Å². The molecule has 0 bridgehead atoms. The standard InChI is InChI=1S/C15H13N3O/c1-10(19)12-5-7-13(8-6-12)18-11(2)17-14-4-3-9-16-15(14)18/h3-9H,1-2H3. The van der Waals surface area contributed by atoms with Crippen molar-refractivity contribution >= 4 is 16.9 Å². The van der Waals surface area contributed by atoms with Crippen LogP contribution in [0.3, 0.4) is 0 Å². The second kappa shape index (κ2) is 4.31. The van der Waals surface area contributed by atoms with Crippen molar-refractivity contribution in [3.05, 3.63) is 54.0 Å². The summed E-state index contributed by atoms with van der Waals surface area (Å²) in [5.74, 6) is 0.946. The minimum Gasteiger partial charge on any atom is -0.295 e. The van der Waals surface area contributed by atoms with E-state index in [0.717, 1.165) is 22.7 Å². The zero-order valence-electron chi connectivity index (χ0n) is 10.8. The van der Waals surface area contributed by atoms with Crippen LogP contribution in [0.2, 0.25) is 0 Å². The number of aryl methyl sites for hydroxylation is 1. The highest BCUT2D eigenvalue weighted by Gasteiger charge is 2.10. The molecule has 0 saturated heterocycles. The molecule has 0 unspecified atom stereocenters. The molecule has 2 heterocycles. The number of rotatable bonds is 2. The van der Waals surface area contributed by atoms with Crippen LogP contribution in [-0.4, -0.2) is 20.3 Å². The molecular formula is C15H13N3O. The van der Waals surface area contributed by atoms with Crippen molar-refractivity contribution in [3.63, 3.8) is 0 Å². The Morgan fingerprint density at radius 2 is 1.89 bits per heavy atom. The number of aromatic nitrogens is 3. The first-order chi connectivity index (χ1) is 9.16. The Kier molecular flexibility index (Phi) is 2.63. The summed E-state index contributed by atoms with van der Waals surface area (Å²) in [5, 5.41) is 0. The number of Topliss-reactive ketones (excluding diaryl/α,β-unsaturated/α-hetero) is 1. The summed E-state index contributed by atoms with van der Waals surface area (Å²) in [4.78, 5) is 20.1. The number of carbonyl (C=O) groups excluding carboxylic acids is 1. The van der Waals surface area contributed by atoms with Crippen molar-refractivity contribution in [2.75, 3.05) is 0 Å². The Morgan fingerprint density at radius 1 is 1.16 bits per heavy atom. The van der Waals surface area contributed by atoms with Crippen LogP contribution < -0.4 is 0 Å². The summed E-state index contributed by atoms with van der Waals surface area (Å²) in [7, 11) is 0. The van der Waals surface area contributed by atoms with E-state index in [-0.39, 0.29) is 5.78 Å². The molecule has 0 amide bonds. The Bertz CT molecular complexity index is 757. The zero-order chi connectivity index (χ0) is 13.4. The average molecular weight is 251 g/mol. The second-order valence-electron chi connectivity index (χ2n) is 4.44. The van der Waals surface area contributed by atoms with E-state index in [1.807, 2.05) is 47.9 Å². The minimum absolute atomic E-state index is 0.0666. The van der Waals surface area contributed by atoms with E-state index in [2.05, 4.69) is 9.97 Å². The van der Waals surface area contributed by atoms with Gasteiger partial charge in [0.1, 0.15) is 11.3 Å². The number of nitrogens with zero attached hydrogens (tertiary/aromatic N) is 3. The minimum atomic E-state index is 0.0666. The van der Waals surface area contributed by atoms with Gasteiger partial charge in [0, 0.05) is 17.4 Å². The predicted molar refractivity (Wildman–Crippen MR) is 73.6 cm³/mol. The van der Waals surface area contributed by atoms with Gasteiger partial charge in [-0.1, -0.05) is 0 Å². The molecule has 0 aliphatic carbocycles. The molecule has 0 saturated carbocycles. The molecular weight excluding hydrogens is 238 g/mol. The van der Waals surface area contributed by atoms with Gasteiger partial charge in [-0.15, -0.1) is 0 Å². The average Bonchev–Trinajstić information content (AvgIpc) is 2.74. The third kappa shape index (κ3) is 1.91. The third-order valence-corrected chi connectivity index (χ3v) is 3.12. The van der Waals surface area contributed by atoms with E-state index in [9.17, 15) is 4.79 Å². The first-order valence-electron chi connectivity index (χ1n) is 6.08. The Hall–Kier alpha value is -2.49. The molecule has 4 nitrogen and oxygen atoms in total. The summed E-state index contributed by atoms with van der Waals surface area (Å²) in [5.41, 5.74) is 3.37. The van der Waals surface area contributed by atoms with E-state index in [1.165, 1.54) is 0 Å². The molecule has 3 aromatic rings. The van der Waals surface area contributed by atoms with Crippen LogP contribution in [0.4, 0.5) is 0 Å². The van der Waals surface area contributed by atoms with Gasteiger partial charge in [0.15, 0.2) is 11.4 Å². The SMILES string of the molecule is CC(=O)c1ccc(-n2c(C)nc3cccnc32)cc1. The maximum absolute atomic E-state index is 11.3. The number of hydrogen-bond donors (Lipinski definition) is 0. The van der Waals surface area contributed by atoms with E-state index in [0.29, 0.717) is 5.56 Å². The molecule has 0 N–H and O–H groups in total. The smallest absolute Gasteiger partial charge is 0.164 e. The third-order valence-electron chi connectivity index (χ3n) is 3.12. The van der Waals surface area contributed by atoms with E-state index in [1.54, 1.807) is 13.1 Å². The lowest BCUT2D eigenvalue weighted by Gasteiger charge is -2.06. The van der Waals surface area contributed by atoms with Gasteiger partial charge in [-0.25, -0.2) is 9.97 Å². The maximum atomic E-state index is 11.3. The van der Waals surface area contributed by atoms with Gasteiger partial charge in [0.2, 0.25) is 0 Å². The van der Waals surface area contributed by atoms with E-state index >= 15 is 0 Å². The van der Waals surface area contributed by atoms with Crippen LogP contribution in [0.15, 0.2) is 42.6 Å². The normalized spacial score (nSPS) is 10.8. The molecule has 3 rings (SSSR count). The second-order valence-corrected chi connectivity index (χ2v) is 4.44. The first kappa shape index (κ1) is 11.6. The number of hydrogen-bond acceptors (Lipinski definition) is 3. The fraction of sp³-hybridized carbons (Fsp3) is 0.133. The number of carbonyl (C=O) groups is 1. The molecule has 1 aromatic carbocycles. The molecule has 0 fully saturated rings. The molecule has 0 radical (unpaired) electrons. The van der Waals surface area contributed by atoms with Gasteiger partial charge in [-0.05, 0) is 50.2 Å². The van der Waals surface area contributed by atoms with Crippen LogP contribution >= 0.6 is 0 Å². The summed E-state index contributed by atoms with van der Waals surface area (Å²) in [6.45, 7) is 3.51. The number of benzene rings is 1. The van der Waals surface area contributed by atoms with Crippen molar-refractivity contribution in [2.45, 2.75) is 13.8 Å². The number of imidazole rings is 1. The highest BCUT2D eigenvalue weighted by molar-refractivity contribution is 5.94. The van der Waals surface area contributed by atoms with Crippen molar-refractivity contribution in [1.82, 2.24) is 14.5 Å². The van der Waals surface area contributed by atoms with Gasteiger partial charge >= 0.3 is 0 Å². The van der Waals surface area contributed by atoms with Crippen molar-refractivity contribution in [1.29, 1.82) is 0 Å². The number of ketones is 1. The summed E-state index contributed by atoms with van der Waals surface area (Å²) in [6.07, 6.45) is 1.75. The fourth-order valence-electron chi connectivity index (χ4n) is 2.18. The molecule has 94 valence electrons. The molecule has 4 heteroatoms. The number of fused-ring (bicyclic) bond motifs is 1. The van der Waals surface area contributed by atoms with Gasteiger partial charge < -0.3 is 0 Å². The lowest BCUT2D eigenvalue weighted by atomic mass is 10.1. The van der Waals surface area contributed by atoms with Crippen molar-refractivity contribution in [2.24, 2.45) is 0 Å². The van der Waals surface area contributed by atoms with Crippen LogP contribution in [0.5, 0.6) is 0 Å². The molecule has 0 aliphatic rings. The Balaban J connectivity index is 2.18. The fourth-order valence-corrected chi connectivity index (χ4v) is 2.18. The first-order valence-corrected chi connectivity index (χ1v) is 6.08. The van der Waals surface area contributed by atoms with Crippen LogP contribution in [0.1, 0.15) is 23.1 Å². The highest BCUT2D eigenvalue weighted by atomic mass is 16.1. The summed E-state index contributed by atoms with van der Waals surface area (Å²) < 4.78 is 1.99. The number of pyridine rings is 1. The zero-order valence-corrected chi connectivity index (χ0v) is 10.8. The maximum Gasteiger partial charge on any atom is 0.164 e. The van der Waals surface area contributed by atoms with Gasteiger partial charge in [0.25, 0.3) is 0 Å². The van der Waals surface area contributed by atoms with Gasteiger partial charge in [0.05, 0.1) is 0 Å². The van der Waals surface area contributed by atoms with Crippen LogP contribution in [0.25, 0.3) is 16.9 Å². The van der Waals surface area contributed by atoms with Crippen LogP contribution in [0, 0.1) is 6.92 Å². The predicted octanol–water partition coefficient (Wildman–Crippen LogP) is 2.93. The molecule has 0 atom stereocenters. The molecule has 0 aliphatic heterocycles. The Morgan fingerprint density at radius 3 is 2.58 bits per heavy atom. The lowest BCUT2D eigenvalue weighted by Crippen LogP contribution is -1.99. The molecule has 0 spiro atoms. The quantitative estimate of drug-likeness (QED) is 0.658. The topological polar surface area (TPSA) is 47.8 Å². The van der Waals surface area contributed by atoms with Gasteiger partial charge in [-0.3, -0.25) is 9.36 Å². The van der Waals surface area contributed by atoms with Crippen molar-refractivity contribution < 1.29 is 4.79 Å². The monoisotopic (exact) mass is 251 g/mol. The summed E-state index contributed by atoms with van der Waals surface area (Å²) >= 11 is 0. The summed E-state index contributed by atoms with van der Waals surface area (Å²) in [6, 6.07) is 11.3. The molecule has 2 aromatic heterocycles. The van der Waals surface area contributed by atoms with Gasteiger partial charge in [-0.2, -0.15) is 0 Å². The van der Waals surface area contributed by atoms with Crippen LogP contribution in [-0.2, 0) is 0 Å².